The molecule has 0 unspecified atom stereocenters. The summed E-state index contributed by atoms with van der Waals surface area (Å²) in [6, 6.07) is 10.5. The molecule has 0 saturated heterocycles. The van der Waals surface area contributed by atoms with Gasteiger partial charge in [0.25, 0.3) is 0 Å². The van der Waals surface area contributed by atoms with Gasteiger partial charge in [0.15, 0.2) is 0 Å². The molecule has 68 valence electrons. The van der Waals surface area contributed by atoms with Gasteiger partial charge in [-0.05, 0) is 24.0 Å². The van der Waals surface area contributed by atoms with E-state index in [9.17, 15) is 0 Å². The number of hydrogen-bond donors (Lipinski definition) is 0. The van der Waals surface area contributed by atoms with Gasteiger partial charge in [-0.15, -0.1) is 6.58 Å². The van der Waals surface area contributed by atoms with E-state index in [0.29, 0.717) is 0 Å². The molecule has 0 atom stereocenters. The molecule has 0 heteroatoms. The van der Waals surface area contributed by atoms with Crippen LogP contribution in [0, 0.1) is 0 Å². The topological polar surface area (TPSA) is 0 Å². The van der Waals surface area contributed by atoms with Crippen LogP contribution in [0.2, 0.25) is 0 Å². The van der Waals surface area contributed by atoms with Crippen molar-refractivity contribution in [3.8, 4) is 0 Å². The number of hydrogen-bond acceptors (Lipinski definition) is 0. The van der Waals surface area contributed by atoms with Crippen LogP contribution in [0.1, 0.15) is 25.3 Å². The van der Waals surface area contributed by atoms with Crippen LogP contribution in [0.5, 0.6) is 0 Å². The first-order valence-corrected chi connectivity index (χ1v) is 4.73. The molecule has 0 radical (unpaired) electrons. The van der Waals surface area contributed by atoms with Crippen molar-refractivity contribution in [1.29, 1.82) is 0 Å². The summed E-state index contributed by atoms with van der Waals surface area (Å²) in [7, 11) is 0. The highest BCUT2D eigenvalue weighted by Crippen LogP contribution is 2.18. The van der Waals surface area contributed by atoms with E-state index in [-0.39, 0.29) is 0 Å². The predicted molar refractivity (Wildman–Crippen MR) is 59.5 cm³/mol. The van der Waals surface area contributed by atoms with E-state index < -0.39 is 0 Å². The Kier molecular flexibility index (Phi) is 4.04. The van der Waals surface area contributed by atoms with Crippen LogP contribution >= 0.6 is 0 Å². The van der Waals surface area contributed by atoms with E-state index in [4.69, 9.17) is 0 Å². The van der Waals surface area contributed by atoms with Crippen molar-refractivity contribution in [2.24, 2.45) is 0 Å². The molecule has 0 amide bonds. The monoisotopic (exact) mass is 172 g/mol. The second-order valence-corrected chi connectivity index (χ2v) is 3.00. The van der Waals surface area contributed by atoms with Gasteiger partial charge in [-0.3, -0.25) is 0 Å². The minimum atomic E-state index is 0.956. The Hall–Kier alpha value is -1.30. The SMILES string of the molecule is C=CCC(=CCC)c1ccccc1. The van der Waals surface area contributed by atoms with Crippen molar-refractivity contribution in [1.82, 2.24) is 0 Å². The molecule has 1 rings (SSSR count). The lowest BCUT2D eigenvalue weighted by atomic mass is 10.0. The van der Waals surface area contributed by atoms with Crippen LogP contribution in [0.4, 0.5) is 0 Å². The summed E-state index contributed by atoms with van der Waals surface area (Å²) in [6.45, 7) is 5.93. The Bertz CT molecular complexity index is 280. The lowest BCUT2D eigenvalue weighted by molar-refractivity contribution is 1.21. The fourth-order valence-corrected chi connectivity index (χ4v) is 1.37. The maximum atomic E-state index is 3.77. The summed E-state index contributed by atoms with van der Waals surface area (Å²) >= 11 is 0. The molecular formula is C13H16. The predicted octanol–water partition coefficient (Wildman–Crippen LogP) is 4.06. The van der Waals surface area contributed by atoms with Gasteiger partial charge in [-0.2, -0.15) is 0 Å². The van der Waals surface area contributed by atoms with E-state index >= 15 is 0 Å². The van der Waals surface area contributed by atoms with E-state index in [1.165, 1.54) is 11.1 Å². The normalized spacial score (nSPS) is 11.3. The van der Waals surface area contributed by atoms with Gasteiger partial charge in [0.2, 0.25) is 0 Å². The molecule has 0 aliphatic rings. The summed E-state index contributed by atoms with van der Waals surface area (Å²) in [5, 5.41) is 0. The number of allylic oxidation sites excluding steroid dienone is 3. The number of rotatable bonds is 4. The highest BCUT2D eigenvalue weighted by molar-refractivity contribution is 5.66. The fourth-order valence-electron chi connectivity index (χ4n) is 1.37. The summed E-state index contributed by atoms with van der Waals surface area (Å²) in [4.78, 5) is 0. The highest BCUT2D eigenvalue weighted by atomic mass is 14.0. The van der Waals surface area contributed by atoms with E-state index in [0.717, 1.165) is 12.8 Å². The van der Waals surface area contributed by atoms with Crippen molar-refractivity contribution in [2.45, 2.75) is 19.8 Å². The van der Waals surface area contributed by atoms with Gasteiger partial charge in [0.1, 0.15) is 0 Å². The molecular weight excluding hydrogens is 156 g/mol. The van der Waals surface area contributed by atoms with Gasteiger partial charge in [-0.1, -0.05) is 49.4 Å². The standard InChI is InChI=1S/C13H16/c1-3-8-12(9-4-2)13-10-6-5-7-11-13/h3,5-7,9-11H,1,4,8H2,2H3. The van der Waals surface area contributed by atoms with E-state index in [1.54, 1.807) is 0 Å². The zero-order valence-electron chi connectivity index (χ0n) is 8.16. The fraction of sp³-hybridized carbons (Fsp3) is 0.231. The lowest BCUT2D eigenvalue weighted by Gasteiger charge is -2.03. The quantitative estimate of drug-likeness (QED) is 0.601. The Labute approximate surface area is 80.6 Å². The van der Waals surface area contributed by atoms with Crippen molar-refractivity contribution in [3.05, 3.63) is 54.6 Å². The van der Waals surface area contributed by atoms with E-state index in [1.807, 2.05) is 12.1 Å². The first kappa shape index (κ1) is 9.79. The van der Waals surface area contributed by atoms with E-state index in [2.05, 4.69) is 43.8 Å². The number of benzene rings is 1. The third kappa shape index (κ3) is 2.90. The Morgan fingerprint density at radius 3 is 2.54 bits per heavy atom. The summed E-state index contributed by atoms with van der Waals surface area (Å²) < 4.78 is 0. The largest absolute Gasteiger partial charge is 0.103 e. The van der Waals surface area contributed by atoms with Gasteiger partial charge < -0.3 is 0 Å². The zero-order valence-corrected chi connectivity index (χ0v) is 8.16. The third-order valence-electron chi connectivity index (χ3n) is 1.96. The minimum absolute atomic E-state index is 0.956. The van der Waals surface area contributed by atoms with Crippen molar-refractivity contribution < 1.29 is 0 Å². The second kappa shape index (κ2) is 5.36. The molecule has 0 fully saturated rings. The maximum Gasteiger partial charge on any atom is -0.00974 e. The van der Waals surface area contributed by atoms with Gasteiger partial charge >= 0.3 is 0 Å². The Balaban J connectivity index is 2.89. The molecule has 0 spiro atoms. The minimum Gasteiger partial charge on any atom is -0.103 e. The highest BCUT2D eigenvalue weighted by Gasteiger charge is 1.96. The van der Waals surface area contributed by atoms with Gasteiger partial charge in [0.05, 0.1) is 0 Å². The molecule has 0 saturated carbocycles. The Morgan fingerprint density at radius 2 is 2.00 bits per heavy atom. The smallest absolute Gasteiger partial charge is 0.00974 e. The third-order valence-corrected chi connectivity index (χ3v) is 1.96. The second-order valence-electron chi connectivity index (χ2n) is 3.00. The van der Waals surface area contributed by atoms with Crippen LogP contribution in [0.25, 0.3) is 5.57 Å². The molecule has 0 aromatic heterocycles. The molecule has 1 aromatic rings. The molecule has 0 aliphatic carbocycles. The molecule has 0 heterocycles. The molecule has 0 bridgehead atoms. The van der Waals surface area contributed by atoms with Gasteiger partial charge in [-0.25, -0.2) is 0 Å². The summed E-state index contributed by atoms with van der Waals surface area (Å²) in [5.74, 6) is 0. The zero-order chi connectivity index (χ0) is 9.52. The van der Waals surface area contributed by atoms with Crippen LogP contribution in [0.3, 0.4) is 0 Å². The van der Waals surface area contributed by atoms with Crippen molar-refractivity contribution in [2.75, 3.05) is 0 Å². The van der Waals surface area contributed by atoms with Crippen LogP contribution in [-0.2, 0) is 0 Å². The Morgan fingerprint density at radius 1 is 1.31 bits per heavy atom. The summed E-state index contributed by atoms with van der Waals surface area (Å²) in [6.07, 6.45) is 6.25. The van der Waals surface area contributed by atoms with Crippen molar-refractivity contribution in [3.63, 3.8) is 0 Å². The average molecular weight is 172 g/mol. The maximum absolute atomic E-state index is 3.77. The molecule has 13 heavy (non-hydrogen) atoms. The molecule has 0 N–H and O–H groups in total. The van der Waals surface area contributed by atoms with Crippen molar-refractivity contribution >= 4 is 5.57 Å². The molecule has 0 aliphatic heterocycles. The lowest BCUT2D eigenvalue weighted by Crippen LogP contribution is -1.81. The summed E-state index contributed by atoms with van der Waals surface area (Å²) in [5.41, 5.74) is 2.68. The van der Waals surface area contributed by atoms with Crippen LogP contribution in [0.15, 0.2) is 49.1 Å². The first-order valence-electron chi connectivity index (χ1n) is 4.73. The van der Waals surface area contributed by atoms with Crippen LogP contribution < -0.4 is 0 Å². The van der Waals surface area contributed by atoms with Crippen LogP contribution in [-0.4, -0.2) is 0 Å². The molecule has 0 nitrogen and oxygen atoms in total. The average Bonchev–Trinajstić information content (AvgIpc) is 2.19. The van der Waals surface area contributed by atoms with Gasteiger partial charge in [0, 0.05) is 0 Å². The first-order chi connectivity index (χ1) is 6.38. The molecule has 1 aromatic carbocycles.